The largest absolute Gasteiger partial charge is 0.336 e. The first-order chi connectivity index (χ1) is 7.63. The van der Waals surface area contributed by atoms with Gasteiger partial charge in [-0.25, -0.2) is 13.8 Å². The van der Waals surface area contributed by atoms with E-state index in [1.165, 1.54) is 18.3 Å². The predicted octanol–water partition coefficient (Wildman–Crippen LogP) is 2.93. The zero-order valence-corrected chi connectivity index (χ0v) is 9.38. The number of carbonyl (C=O) groups excluding carboxylic acids is 1. The summed E-state index contributed by atoms with van der Waals surface area (Å²) in [6.45, 7) is 0. The van der Waals surface area contributed by atoms with Crippen molar-refractivity contribution in [1.82, 2.24) is 9.97 Å². The Morgan fingerprint density at radius 2 is 2.06 bits per heavy atom. The molecule has 1 N–H and O–H groups in total. The summed E-state index contributed by atoms with van der Waals surface area (Å²) < 4.78 is 26.8. The Morgan fingerprint density at radius 3 is 2.69 bits per heavy atom. The van der Waals surface area contributed by atoms with Crippen LogP contribution in [-0.2, 0) is 0 Å². The Labute approximate surface area is 97.6 Å². The van der Waals surface area contributed by atoms with Gasteiger partial charge in [-0.15, -0.1) is 0 Å². The van der Waals surface area contributed by atoms with E-state index < -0.39 is 11.6 Å². The summed E-state index contributed by atoms with van der Waals surface area (Å²) in [5.41, 5.74) is 0.187. The maximum absolute atomic E-state index is 13.5. The van der Waals surface area contributed by atoms with Crippen molar-refractivity contribution >= 4 is 22.2 Å². The number of nitrogens with zero attached hydrogens (tertiary/aromatic N) is 1. The fourth-order valence-corrected chi connectivity index (χ4v) is 1.55. The van der Waals surface area contributed by atoms with Crippen molar-refractivity contribution in [3.8, 4) is 11.4 Å². The highest BCUT2D eigenvalue weighted by Gasteiger charge is 2.15. The van der Waals surface area contributed by atoms with Crippen LogP contribution in [0, 0.1) is 11.6 Å². The molecule has 0 spiro atoms. The number of benzene rings is 1. The van der Waals surface area contributed by atoms with Crippen LogP contribution < -0.4 is 0 Å². The van der Waals surface area contributed by atoms with Gasteiger partial charge < -0.3 is 4.98 Å². The molecule has 0 atom stereocenters. The Bertz CT molecular complexity index is 554. The number of nitrogens with one attached hydrogen (secondary N) is 1. The summed E-state index contributed by atoms with van der Waals surface area (Å²) in [4.78, 5) is 16.8. The van der Waals surface area contributed by atoms with Gasteiger partial charge in [-0.1, -0.05) is 0 Å². The molecule has 0 aliphatic rings. The van der Waals surface area contributed by atoms with Gasteiger partial charge in [0.15, 0.2) is 17.9 Å². The zero-order chi connectivity index (χ0) is 11.7. The van der Waals surface area contributed by atoms with Gasteiger partial charge in [0.05, 0.1) is 21.9 Å². The minimum Gasteiger partial charge on any atom is -0.336 e. The summed E-state index contributed by atoms with van der Waals surface area (Å²) in [6.07, 6.45) is 1.80. The number of aromatic amines is 1. The number of hydrogen-bond donors (Lipinski definition) is 1. The van der Waals surface area contributed by atoms with Crippen LogP contribution in [0.15, 0.2) is 22.8 Å². The van der Waals surface area contributed by atoms with Gasteiger partial charge in [-0.2, -0.15) is 0 Å². The highest BCUT2D eigenvalue weighted by atomic mass is 79.9. The van der Waals surface area contributed by atoms with Crippen molar-refractivity contribution in [2.24, 2.45) is 0 Å². The van der Waals surface area contributed by atoms with E-state index in [4.69, 9.17) is 0 Å². The molecule has 6 heteroatoms. The van der Waals surface area contributed by atoms with Crippen molar-refractivity contribution in [1.29, 1.82) is 0 Å². The third kappa shape index (κ3) is 1.76. The molecule has 0 saturated heterocycles. The van der Waals surface area contributed by atoms with Gasteiger partial charge >= 0.3 is 0 Å². The predicted molar refractivity (Wildman–Crippen MR) is 57.0 cm³/mol. The molecule has 2 rings (SSSR count). The number of H-pyrrole nitrogens is 1. The van der Waals surface area contributed by atoms with Crippen LogP contribution >= 0.6 is 15.9 Å². The molecule has 1 heterocycles. The lowest BCUT2D eigenvalue weighted by molar-refractivity contribution is 0.111. The van der Waals surface area contributed by atoms with Gasteiger partial charge in [0.2, 0.25) is 0 Å². The lowest BCUT2D eigenvalue weighted by Gasteiger charge is -2.01. The maximum atomic E-state index is 13.5. The summed E-state index contributed by atoms with van der Waals surface area (Å²) in [5, 5.41) is 0. The zero-order valence-electron chi connectivity index (χ0n) is 7.80. The van der Waals surface area contributed by atoms with E-state index in [-0.39, 0.29) is 21.6 Å². The number of aromatic nitrogens is 2. The molecule has 1 aromatic carbocycles. The molecule has 0 bridgehead atoms. The van der Waals surface area contributed by atoms with Crippen molar-refractivity contribution < 1.29 is 13.6 Å². The number of carbonyl (C=O) groups is 1. The summed E-state index contributed by atoms with van der Waals surface area (Å²) in [6, 6.07) is 2.74. The topological polar surface area (TPSA) is 45.8 Å². The van der Waals surface area contributed by atoms with Gasteiger partial charge in [-0.3, -0.25) is 4.79 Å². The molecule has 82 valence electrons. The molecule has 0 radical (unpaired) electrons. The molecule has 2 aromatic rings. The maximum Gasteiger partial charge on any atom is 0.173 e. The molecule has 0 aliphatic carbocycles. The molecule has 3 nitrogen and oxygen atoms in total. The summed E-state index contributed by atoms with van der Waals surface area (Å²) in [5.74, 6) is -1.88. The fraction of sp³-hybridized carbons (Fsp3) is 0. The van der Waals surface area contributed by atoms with Gasteiger partial charge in [0.1, 0.15) is 5.82 Å². The van der Waals surface area contributed by atoms with Crippen LogP contribution in [0.25, 0.3) is 11.4 Å². The van der Waals surface area contributed by atoms with E-state index in [9.17, 15) is 13.6 Å². The van der Waals surface area contributed by atoms with Crippen molar-refractivity contribution in [2.45, 2.75) is 0 Å². The first-order valence-electron chi connectivity index (χ1n) is 4.27. The van der Waals surface area contributed by atoms with Gasteiger partial charge in [0, 0.05) is 0 Å². The molecule has 0 unspecified atom stereocenters. The smallest absolute Gasteiger partial charge is 0.173 e. The molecule has 0 fully saturated rings. The third-order valence-corrected chi connectivity index (χ3v) is 2.63. The standard InChI is InChI=1S/C10H5BrF2N2O/c11-7-2-1-6(8(12)9(7)13)10-14-3-5(4-16)15-10/h1-4H,(H,14,15). The van der Waals surface area contributed by atoms with Gasteiger partial charge in [-0.05, 0) is 28.1 Å². The fourth-order valence-electron chi connectivity index (χ4n) is 1.24. The third-order valence-electron chi connectivity index (χ3n) is 2.01. The minimum absolute atomic E-state index is 0.0196. The number of hydrogen-bond acceptors (Lipinski definition) is 2. The van der Waals surface area contributed by atoms with Crippen molar-refractivity contribution in [3.63, 3.8) is 0 Å². The molecular weight excluding hydrogens is 282 g/mol. The summed E-state index contributed by atoms with van der Waals surface area (Å²) >= 11 is 2.87. The second-order valence-corrected chi connectivity index (χ2v) is 3.88. The lowest BCUT2D eigenvalue weighted by Crippen LogP contribution is -1.92. The van der Waals surface area contributed by atoms with Crippen LogP contribution in [0.4, 0.5) is 8.78 Å². The van der Waals surface area contributed by atoms with E-state index in [1.807, 2.05) is 0 Å². The second kappa shape index (κ2) is 4.13. The lowest BCUT2D eigenvalue weighted by atomic mass is 10.2. The second-order valence-electron chi connectivity index (χ2n) is 3.03. The highest BCUT2D eigenvalue weighted by molar-refractivity contribution is 9.10. The molecule has 16 heavy (non-hydrogen) atoms. The number of rotatable bonds is 2. The molecule has 0 aliphatic heterocycles. The molecule has 0 amide bonds. The first-order valence-corrected chi connectivity index (χ1v) is 5.07. The highest BCUT2D eigenvalue weighted by Crippen LogP contribution is 2.26. The van der Waals surface area contributed by atoms with E-state index in [2.05, 4.69) is 25.9 Å². The minimum atomic E-state index is -1.01. The van der Waals surface area contributed by atoms with Crippen LogP contribution in [0.1, 0.15) is 10.5 Å². The van der Waals surface area contributed by atoms with Crippen LogP contribution in [0.5, 0.6) is 0 Å². The van der Waals surface area contributed by atoms with E-state index in [0.717, 1.165) is 0 Å². The Balaban J connectivity index is 2.56. The first kappa shape index (κ1) is 10.9. The average molecular weight is 287 g/mol. The van der Waals surface area contributed by atoms with Crippen molar-refractivity contribution in [2.75, 3.05) is 0 Å². The van der Waals surface area contributed by atoms with Crippen molar-refractivity contribution in [3.05, 3.63) is 40.1 Å². The Kier molecular flexibility index (Phi) is 2.82. The van der Waals surface area contributed by atoms with Gasteiger partial charge in [0.25, 0.3) is 0 Å². The van der Waals surface area contributed by atoms with Crippen LogP contribution in [-0.4, -0.2) is 16.3 Å². The number of halogens is 3. The molecule has 0 saturated carbocycles. The molecule has 1 aromatic heterocycles. The van der Waals surface area contributed by atoms with Crippen LogP contribution in [0.2, 0.25) is 0 Å². The SMILES string of the molecule is O=Cc1cnc(-c2ccc(Br)c(F)c2F)[nH]1. The number of imidazole rings is 1. The van der Waals surface area contributed by atoms with E-state index >= 15 is 0 Å². The van der Waals surface area contributed by atoms with E-state index in [0.29, 0.717) is 6.29 Å². The molecular formula is C10H5BrF2N2O. The number of aldehydes is 1. The van der Waals surface area contributed by atoms with Crippen LogP contribution in [0.3, 0.4) is 0 Å². The Morgan fingerprint density at radius 1 is 1.31 bits per heavy atom. The monoisotopic (exact) mass is 286 g/mol. The average Bonchev–Trinajstić information content (AvgIpc) is 2.74. The Hall–Kier alpha value is -1.56. The van der Waals surface area contributed by atoms with E-state index in [1.54, 1.807) is 0 Å². The summed E-state index contributed by atoms with van der Waals surface area (Å²) in [7, 11) is 0. The normalized spacial score (nSPS) is 10.4. The quantitative estimate of drug-likeness (QED) is 0.682.